The second-order valence-corrected chi connectivity index (χ2v) is 6.40. The lowest BCUT2D eigenvalue weighted by Crippen LogP contribution is -2.13. The molecule has 0 fully saturated rings. The lowest BCUT2D eigenvalue weighted by atomic mass is 10.1. The summed E-state index contributed by atoms with van der Waals surface area (Å²) in [6.45, 7) is 0. The Bertz CT molecular complexity index is 658. The van der Waals surface area contributed by atoms with Gasteiger partial charge in [0, 0.05) is 10.3 Å². The molecule has 2 heterocycles. The summed E-state index contributed by atoms with van der Waals surface area (Å²) >= 11 is 2.96. The zero-order chi connectivity index (χ0) is 14.1. The molecule has 1 aliphatic carbocycles. The van der Waals surface area contributed by atoms with Crippen LogP contribution < -0.4 is 5.32 Å². The van der Waals surface area contributed by atoms with Gasteiger partial charge in [-0.05, 0) is 36.3 Å². The van der Waals surface area contributed by atoms with Gasteiger partial charge in [0.1, 0.15) is 5.00 Å². The summed E-state index contributed by atoms with van der Waals surface area (Å²) in [5.74, 6) is -0.554. The Kier molecular flexibility index (Phi) is 3.58. The van der Waals surface area contributed by atoms with E-state index in [2.05, 4.69) is 5.32 Å². The third-order valence-electron chi connectivity index (χ3n) is 3.32. The summed E-state index contributed by atoms with van der Waals surface area (Å²) in [4.78, 5) is 25.3. The lowest BCUT2D eigenvalue weighted by Gasteiger charge is -2.06. The summed E-state index contributed by atoms with van der Waals surface area (Å²) in [5.41, 5.74) is 2.19. The van der Waals surface area contributed by atoms with Gasteiger partial charge in [0.05, 0.1) is 18.2 Å². The first-order valence-electron chi connectivity index (χ1n) is 6.27. The van der Waals surface area contributed by atoms with Crippen LogP contribution >= 0.6 is 22.7 Å². The van der Waals surface area contributed by atoms with Crippen LogP contribution in [0.4, 0.5) is 5.00 Å². The van der Waals surface area contributed by atoms with Crippen LogP contribution in [-0.2, 0) is 17.6 Å². The van der Waals surface area contributed by atoms with Crippen LogP contribution in [0.25, 0.3) is 0 Å². The molecule has 0 atom stereocenters. The Morgan fingerprint density at radius 1 is 1.35 bits per heavy atom. The van der Waals surface area contributed by atoms with Gasteiger partial charge in [-0.3, -0.25) is 4.79 Å². The van der Waals surface area contributed by atoms with Crippen molar-refractivity contribution in [1.29, 1.82) is 0 Å². The molecule has 0 saturated carbocycles. The molecule has 104 valence electrons. The molecule has 2 aromatic heterocycles. The van der Waals surface area contributed by atoms with Gasteiger partial charge in [0.25, 0.3) is 5.91 Å². The maximum atomic E-state index is 12.1. The Labute approximate surface area is 124 Å². The minimum Gasteiger partial charge on any atom is -0.465 e. The van der Waals surface area contributed by atoms with Crippen molar-refractivity contribution in [2.45, 2.75) is 19.3 Å². The molecule has 1 amide bonds. The lowest BCUT2D eigenvalue weighted by molar-refractivity contribution is 0.0601. The molecule has 1 aliphatic rings. The Balaban J connectivity index is 1.93. The van der Waals surface area contributed by atoms with Gasteiger partial charge in [-0.15, -0.1) is 11.3 Å². The first-order chi connectivity index (χ1) is 9.70. The summed E-state index contributed by atoms with van der Waals surface area (Å²) in [5, 5.41) is 7.09. The molecule has 0 radical (unpaired) electrons. The Hall–Kier alpha value is -1.66. The van der Waals surface area contributed by atoms with Crippen molar-refractivity contribution in [3.05, 3.63) is 38.4 Å². The van der Waals surface area contributed by atoms with E-state index in [1.165, 1.54) is 34.7 Å². The number of esters is 1. The molecule has 20 heavy (non-hydrogen) atoms. The molecule has 0 spiro atoms. The highest BCUT2D eigenvalue weighted by Gasteiger charge is 2.28. The zero-order valence-electron chi connectivity index (χ0n) is 10.9. The van der Waals surface area contributed by atoms with E-state index in [1.54, 1.807) is 11.4 Å². The average Bonchev–Trinajstić information content (AvgIpc) is 3.13. The van der Waals surface area contributed by atoms with E-state index in [-0.39, 0.29) is 11.9 Å². The highest BCUT2D eigenvalue weighted by molar-refractivity contribution is 7.17. The van der Waals surface area contributed by atoms with Crippen LogP contribution in [0.15, 0.2) is 16.8 Å². The minimum absolute atomic E-state index is 0.184. The number of hydrogen-bond donors (Lipinski definition) is 1. The number of rotatable bonds is 3. The number of methoxy groups -OCH3 is 1. The number of ether oxygens (including phenoxy) is 1. The van der Waals surface area contributed by atoms with Crippen LogP contribution in [0, 0.1) is 0 Å². The number of hydrogen-bond acceptors (Lipinski definition) is 5. The predicted molar refractivity (Wildman–Crippen MR) is 80.0 cm³/mol. The van der Waals surface area contributed by atoms with E-state index in [0.29, 0.717) is 16.1 Å². The molecule has 3 rings (SSSR count). The number of aryl methyl sites for hydroxylation is 1. The highest BCUT2D eigenvalue weighted by atomic mass is 32.1. The molecule has 0 unspecified atom stereocenters. The first-order valence-corrected chi connectivity index (χ1v) is 8.03. The third kappa shape index (κ3) is 2.25. The Morgan fingerprint density at radius 2 is 2.20 bits per heavy atom. The molecule has 0 bridgehead atoms. The quantitative estimate of drug-likeness (QED) is 0.885. The highest BCUT2D eigenvalue weighted by Crippen LogP contribution is 2.39. The van der Waals surface area contributed by atoms with Crippen LogP contribution in [-0.4, -0.2) is 19.0 Å². The van der Waals surface area contributed by atoms with E-state index in [4.69, 9.17) is 4.74 Å². The molecular formula is C14H13NO3S2. The van der Waals surface area contributed by atoms with Crippen molar-refractivity contribution in [2.24, 2.45) is 0 Å². The summed E-state index contributed by atoms with van der Waals surface area (Å²) in [6, 6.07) is 1.76. The molecule has 6 heteroatoms. The van der Waals surface area contributed by atoms with E-state index in [9.17, 15) is 9.59 Å². The van der Waals surface area contributed by atoms with Gasteiger partial charge in [-0.25, -0.2) is 4.79 Å². The zero-order valence-corrected chi connectivity index (χ0v) is 12.5. The number of carbonyl (C=O) groups is 2. The van der Waals surface area contributed by atoms with Crippen molar-refractivity contribution in [3.8, 4) is 0 Å². The molecule has 0 aliphatic heterocycles. The molecule has 0 aromatic carbocycles. The smallest absolute Gasteiger partial charge is 0.341 e. The minimum atomic E-state index is -0.370. The predicted octanol–water partition coefficient (Wildman–Crippen LogP) is 3.34. The molecular weight excluding hydrogens is 294 g/mol. The maximum Gasteiger partial charge on any atom is 0.341 e. The number of nitrogens with one attached hydrogen (secondary N) is 1. The largest absolute Gasteiger partial charge is 0.465 e. The molecule has 4 nitrogen and oxygen atoms in total. The van der Waals surface area contributed by atoms with Crippen molar-refractivity contribution >= 4 is 39.6 Å². The monoisotopic (exact) mass is 307 g/mol. The number of carbonyl (C=O) groups excluding carboxylic acids is 2. The first kappa shape index (κ1) is 13.3. The van der Waals surface area contributed by atoms with Crippen LogP contribution in [0.2, 0.25) is 0 Å². The van der Waals surface area contributed by atoms with Crippen molar-refractivity contribution in [2.75, 3.05) is 12.4 Å². The standard InChI is InChI=1S/C14H13NO3S2/c1-18-14(17)11-9-3-2-4-10(9)20-13(11)15-12(16)8-5-6-19-7-8/h5-7H,2-4H2,1H3,(H,15,16). The van der Waals surface area contributed by atoms with E-state index < -0.39 is 0 Å². The van der Waals surface area contributed by atoms with E-state index >= 15 is 0 Å². The Morgan fingerprint density at radius 3 is 2.90 bits per heavy atom. The third-order valence-corrected chi connectivity index (χ3v) is 5.21. The molecule has 1 N–H and O–H groups in total. The topological polar surface area (TPSA) is 55.4 Å². The maximum absolute atomic E-state index is 12.1. The fourth-order valence-corrected chi connectivity index (χ4v) is 4.29. The van der Waals surface area contributed by atoms with Crippen LogP contribution in [0.3, 0.4) is 0 Å². The van der Waals surface area contributed by atoms with Gasteiger partial charge in [-0.2, -0.15) is 11.3 Å². The van der Waals surface area contributed by atoms with Crippen molar-refractivity contribution in [3.63, 3.8) is 0 Å². The fourth-order valence-electron chi connectivity index (χ4n) is 2.38. The van der Waals surface area contributed by atoms with Gasteiger partial charge in [0.2, 0.25) is 0 Å². The number of thiophene rings is 2. The van der Waals surface area contributed by atoms with E-state index in [0.717, 1.165) is 24.8 Å². The van der Waals surface area contributed by atoms with Gasteiger partial charge < -0.3 is 10.1 Å². The average molecular weight is 307 g/mol. The number of amides is 1. The SMILES string of the molecule is COC(=O)c1c(NC(=O)c2ccsc2)sc2c1CCC2. The molecule has 2 aromatic rings. The normalized spacial score (nSPS) is 13.1. The van der Waals surface area contributed by atoms with Crippen LogP contribution in [0.1, 0.15) is 37.6 Å². The van der Waals surface area contributed by atoms with Gasteiger partial charge in [0.15, 0.2) is 0 Å². The van der Waals surface area contributed by atoms with Crippen molar-refractivity contribution in [1.82, 2.24) is 0 Å². The summed E-state index contributed by atoms with van der Waals surface area (Å²) in [7, 11) is 1.37. The van der Waals surface area contributed by atoms with Gasteiger partial charge in [-0.1, -0.05) is 0 Å². The molecule has 0 saturated heterocycles. The summed E-state index contributed by atoms with van der Waals surface area (Å²) in [6.07, 6.45) is 2.91. The number of anilines is 1. The van der Waals surface area contributed by atoms with E-state index in [1.807, 2.05) is 5.38 Å². The number of fused-ring (bicyclic) bond motifs is 1. The van der Waals surface area contributed by atoms with Crippen LogP contribution in [0.5, 0.6) is 0 Å². The fraction of sp³-hybridized carbons (Fsp3) is 0.286. The summed E-state index contributed by atoms with van der Waals surface area (Å²) < 4.78 is 4.85. The van der Waals surface area contributed by atoms with Crippen molar-refractivity contribution < 1.29 is 14.3 Å². The van der Waals surface area contributed by atoms with Gasteiger partial charge >= 0.3 is 5.97 Å². The second-order valence-electron chi connectivity index (χ2n) is 4.52. The second kappa shape index (κ2) is 5.38.